The van der Waals surface area contributed by atoms with Crippen LogP contribution in [0.2, 0.25) is 0 Å². The van der Waals surface area contributed by atoms with Gasteiger partial charge in [0.05, 0.1) is 0 Å². The number of quaternary nitrogens is 2. The van der Waals surface area contributed by atoms with E-state index in [1.807, 2.05) is 0 Å². The van der Waals surface area contributed by atoms with Gasteiger partial charge in [-0.3, -0.25) is 0 Å². The molecular formula is C4H16N2O3. The molecule has 0 aliphatic carbocycles. The molecule has 0 radical (unpaired) electrons. The zero-order valence-corrected chi connectivity index (χ0v) is 6.43. The summed E-state index contributed by atoms with van der Waals surface area (Å²) in [5.41, 5.74) is 0. The topological polar surface area (TPSA) is 136 Å². The minimum absolute atomic E-state index is 0. The summed E-state index contributed by atoms with van der Waals surface area (Å²) in [6.07, 6.45) is 0. The van der Waals surface area contributed by atoms with Crippen molar-refractivity contribution in [2.24, 2.45) is 0 Å². The lowest BCUT2D eigenvalue weighted by molar-refractivity contribution is -0.361. The van der Waals surface area contributed by atoms with E-state index in [-0.39, 0.29) is 18.9 Å². The lowest BCUT2D eigenvalue weighted by Gasteiger charge is -1.79. The van der Waals surface area contributed by atoms with Gasteiger partial charge in [0.15, 0.2) is 0 Å². The van der Waals surface area contributed by atoms with Crippen LogP contribution in [-0.2, 0) is 4.79 Å². The average Bonchev–Trinajstić information content (AvgIpc) is 1.33. The molecule has 0 spiro atoms. The molecule has 0 aliphatic heterocycles. The van der Waals surface area contributed by atoms with Gasteiger partial charge in [-0.05, 0) is 6.92 Å². The van der Waals surface area contributed by atoms with Crippen LogP contribution in [0.3, 0.4) is 0 Å². The molecule has 8 N–H and O–H groups in total. The van der Waals surface area contributed by atoms with E-state index in [1.165, 1.54) is 0 Å². The maximum absolute atomic E-state index is 8.93. The smallest absolute Gasteiger partial charge is 0.0383 e. The van der Waals surface area contributed by atoms with Crippen LogP contribution in [0.4, 0.5) is 0 Å². The van der Waals surface area contributed by atoms with Crippen LogP contribution in [0.25, 0.3) is 0 Å². The van der Waals surface area contributed by atoms with Crippen molar-refractivity contribution >= 4 is 5.97 Å². The van der Waals surface area contributed by atoms with Crippen LogP contribution < -0.4 is 22.5 Å². The summed E-state index contributed by atoms with van der Waals surface area (Å²) in [5.74, 6) is -1.08. The number of carboxylic acid groups (broad SMARTS) is 1. The van der Waals surface area contributed by atoms with Gasteiger partial charge in [0.2, 0.25) is 0 Å². The van der Waals surface area contributed by atoms with Crippen LogP contribution in [0.15, 0.2) is 0 Å². The Morgan fingerprint density at radius 1 is 1.44 bits per heavy atom. The first-order valence-electron chi connectivity index (χ1n) is 1.90. The summed E-state index contributed by atoms with van der Waals surface area (Å²) in [7, 11) is 0. The van der Waals surface area contributed by atoms with E-state index in [1.54, 1.807) is 6.92 Å². The molecule has 0 atom stereocenters. The number of carboxylic acids is 1. The lowest BCUT2D eigenvalue weighted by Crippen LogP contribution is -2.16. The highest BCUT2D eigenvalue weighted by molar-refractivity contribution is 5.60. The van der Waals surface area contributed by atoms with Crippen molar-refractivity contribution in [2.45, 2.75) is 13.8 Å². The number of hydrogen-bond donors (Lipinski definition) is 2. The molecule has 0 amide bonds. The fourth-order valence-electron chi connectivity index (χ4n) is 0. The van der Waals surface area contributed by atoms with E-state index in [0.29, 0.717) is 0 Å². The molecule has 9 heavy (non-hydrogen) atoms. The van der Waals surface area contributed by atoms with Crippen molar-refractivity contribution in [1.29, 1.82) is 0 Å². The molecular weight excluding hydrogens is 124 g/mol. The summed E-state index contributed by atoms with van der Waals surface area (Å²) in [4.78, 5) is 8.89. The molecule has 5 heteroatoms. The van der Waals surface area contributed by atoms with Crippen molar-refractivity contribution < 1.29 is 15.0 Å². The highest BCUT2D eigenvalue weighted by atomic mass is 16.4. The number of carbonyl (C=O) groups is 1. The highest BCUT2D eigenvalue weighted by Crippen LogP contribution is 1.31. The third kappa shape index (κ3) is 498. The molecule has 0 aromatic rings. The fraction of sp³-hybridized carbons (Fsp3) is 0.750. The number of carbonyl (C=O) groups excluding carboxylic acids is 1. The van der Waals surface area contributed by atoms with Crippen LogP contribution in [0, 0.1) is 0 Å². The van der Waals surface area contributed by atoms with Gasteiger partial charge in [-0.2, -0.15) is 0 Å². The minimum Gasteiger partial charge on any atom is -0.855 e. The van der Waals surface area contributed by atoms with E-state index in [2.05, 4.69) is 0 Å². The van der Waals surface area contributed by atoms with Gasteiger partial charge in [0.1, 0.15) is 0 Å². The first kappa shape index (κ1) is 23.8. The van der Waals surface area contributed by atoms with Crippen LogP contribution in [0.5, 0.6) is 0 Å². The second kappa shape index (κ2) is 26.4. The van der Waals surface area contributed by atoms with Gasteiger partial charge in [0, 0.05) is 5.97 Å². The maximum atomic E-state index is 8.93. The molecule has 0 heterocycles. The summed E-state index contributed by atoms with van der Waals surface area (Å²) >= 11 is 0. The Balaban J connectivity index is -0.0000000233. The van der Waals surface area contributed by atoms with Crippen molar-refractivity contribution in [3.63, 3.8) is 0 Å². The predicted octanol–water partition coefficient (Wildman–Crippen LogP) is -1.12. The second-order valence-electron chi connectivity index (χ2n) is 0.780. The van der Waals surface area contributed by atoms with E-state index in [0.717, 1.165) is 6.92 Å². The Kier molecular flexibility index (Phi) is 69.9. The normalized spacial score (nSPS) is 4.78. The van der Waals surface area contributed by atoms with Crippen molar-refractivity contribution in [3.05, 3.63) is 0 Å². The first-order valence-corrected chi connectivity index (χ1v) is 1.90. The fourth-order valence-corrected chi connectivity index (χ4v) is 0. The maximum Gasteiger partial charge on any atom is 0.0383 e. The van der Waals surface area contributed by atoms with Crippen LogP contribution in [-0.4, -0.2) is 12.6 Å². The Labute approximate surface area is 54.9 Å². The molecule has 0 bridgehead atoms. The average molecular weight is 140 g/mol. The molecule has 0 fully saturated rings. The van der Waals surface area contributed by atoms with Gasteiger partial charge < -0.3 is 27.3 Å². The molecule has 0 aromatic carbocycles. The monoisotopic (exact) mass is 140 g/mol. The van der Waals surface area contributed by atoms with Gasteiger partial charge in [0.25, 0.3) is 0 Å². The zero-order chi connectivity index (χ0) is 6.28. The molecule has 0 saturated carbocycles. The van der Waals surface area contributed by atoms with Crippen molar-refractivity contribution in [3.8, 4) is 0 Å². The van der Waals surface area contributed by atoms with E-state index in [9.17, 15) is 0 Å². The lowest BCUT2D eigenvalue weighted by atomic mass is 10.9. The molecule has 0 aliphatic rings. The first-order chi connectivity index (χ1) is 3.15. The Morgan fingerprint density at radius 3 is 1.44 bits per heavy atom. The molecule has 0 aromatic heterocycles. The third-order valence-corrected chi connectivity index (χ3v) is 0. The summed E-state index contributed by atoms with van der Waals surface area (Å²) in [6, 6.07) is 0. The van der Waals surface area contributed by atoms with Gasteiger partial charge in [-0.15, -0.1) is 6.61 Å². The summed E-state index contributed by atoms with van der Waals surface area (Å²) in [5, 5.41) is 17.8. The molecule has 0 saturated heterocycles. The minimum atomic E-state index is -1.08. The van der Waals surface area contributed by atoms with Crippen LogP contribution in [0.1, 0.15) is 13.8 Å². The van der Waals surface area contributed by atoms with Crippen LogP contribution >= 0.6 is 0 Å². The Bertz CT molecular complexity index is 45.1. The molecule has 5 nitrogen and oxygen atoms in total. The quantitative estimate of drug-likeness (QED) is 0.440. The third-order valence-electron chi connectivity index (χ3n) is 0. The largest absolute Gasteiger partial charge is 0.855 e. The second-order valence-corrected chi connectivity index (χ2v) is 0.780. The van der Waals surface area contributed by atoms with E-state index in [4.69, 9.17) is 15.0 Å². The van der Waals surface area contributed by atoms with Gasteiger partial charge in [-0.1, -0.05) is 6.92 Å². The number of aliphatic carboxylic acids is 1. The number of rotatable bonds is 0. The van der Waals surface area contributed by atoms with Gasteiger partial charge in [-0.25, -0.2) is 0 Å². The zero-order valence-electron chi connectivity index (χ0n) is 6.43. The standard InChI is InChI=1S/C2H4O2.C2H5O.2H3N/c1-2(3)4;1-2-3;;/h1H3,(H,3,4);2H2,1H3;2*1H3/q;-1;;/p+1. The van der Waals surface area contributed by atoms with E-state index >= 15 is 0 Å². The highest BCUT2D eigenvalue weighted by Gasteiger charge is 1.46. The molecule has 0 unspecified atom stereocenters. The Morgan fingerprint density at radius 2 is 1.44 bits per heavy atom. The number of hydrogen-bond acceptors (Lipinski definition) is 3. The Hall–Kier alpha value is -0.650. The van der Waals surface area contributed by atoms with E-state index < -0.39 is 5.97 Å². The summed E-state index contributed by atoms with van der Waals surface area (Å²) < 4.78 is 0. The van der Waals surface area contributed by atoms with Crippen molar-refractivity contribution in [1.82, 2.24) is 12.3 Å². The van der Waals surface area contributed by atoms with Crippen molar-refractivity contribution in [2.75, 3.05) is 6.61 Å². The van der Waals surface area contributed by atoms with Gasteiger partial charge >= 0.3 is 0 Å². The molecule has 0 rings (SSSR count). The molecule has 60 valence electrons. The summed E-state index contributed by atoms with van der Waals surface area (Å²) in [6.45, 7) is 2.54. The predicted molar refractivity (Wildman–Crippen MR) is 33.2 cm³/mol. The SMILES string of the molecule is CC(=O)[O-].CC[O-].[NH4+].[NH4+].